The second-order valence-electron chi connectivity index (χ2n) is 5.54. The Bertz CT molecular complexity index is 653. The van der Waals surface area contributed by atoms with Crippen LogP contribution in [0.1, 0.15) is 23.6 Å². The minimum atomic E-state index is 0.407. The molecule has 3 rings (SSSR count). The molecule has 3 heteroatoms. The fraction of sp³-hybridized carbons (Fsp3) is 0.294. The molecule has 1 heterocycles. The van der Waals surface area contributed by atoms with E-state index in [1.807, 2.05) is 19.1 Å². The molecule has 1 aliphatic rings. The molecule has 1 N–H and O–H groups in total. The molecule has 20 heavy (non-hydrogen) atoms. The summed E-state index contributed by atoms with van der Waals surface area (Å²) in [4.78, 5) is 2.37. The minimum Gasteiger partial charge on any atom is -0.507 e. The lowest BCUT2D eigenvalue weighted by Gasteiger charge is -2.25. The molecule has 0 amide bonds. The van der Waals surface area contributed by atoms with Gasteiger partial charge in [0.05, 0.1) is 0 Å². The van der Waals surface area contributed by atoms with Gasteiger partial charge in [-0.05, 0) is 49.6 Å². The van der Waals surface area contributed by atoms with Crippen molar-refractivity contribution in [3.8, 4) is 5.75 Å². The van der Waals surface area contributed by atoms with Crippen molar-refractivity contribution in [1.29, 1.82) is 0 Å². The van der Waals surface area contributed by atoms with Crippen molar-refractivity contribution in [1.82, 2.24) is 0 Å². The quantitative estimate of drug-likeness (QED) is 0.880. The van der Waals surface area contributed by atoms with Crippen LogP contribution in [0.25, 0.3) is 0 Å². The number of aromatic hydroxyl groups is 1. The number of para-hydroxylation sites is 1. The molecule has 0 saturated carbocycles. The predicted octanol–water partition coefficient (Wildman–Crippen LogP) is 4.41. The Morgan fingerprint density at radius 3 is 2.85 bits per heavy atom. The zero-order valence-corrected chi connectivity index (χ0v) is 13.3. The van der Waals surface area contributed by atoms with E-state index in [1.54, 1.807) is 0 Å². The molecule has 1 aliphatic heterocycles. The van der Waals surface area contributed by atoms with E-state index in [0.29, 0.717) is 11.8 Å². The van der Waals surface area contributed by atoms with E-state index in [-0.39, 0.29) is 0 Å². The Hall–Kier alpha value is -1.48. The first kappa shape index (κ1) is 13.5. The Labute approximate surface area is 128 Å². The van der Waals surface area contributed by atoms with Crippen LogP contribution in [0.3, 0.4) is 0 Å². The molecule has 1 atom stereocenters. The van der Waals surface area contributed by atoms with Gasteiger partial charge in [0.25, 0.3) is 0 Å². The highest BCUT2D eigenvalue weighted by Gasteiger charge is 2.26. The van der Waals surface area contributed by atoms with E-state index >= 15 is 0 Å². The van der Waals surface area contributed by atoms with Crippen LogP contribution in [0, 0.1) is 6.92 Å². The van der Waals surface area contributed by atoms with Crippen LogP contribution in [-0.4, -0.2) is 11.1 Å². The molecule has 2 nitrogen and oxygen atoms in total. The Morgan fingerprint density at radius 2 is 2.05 bits per heavy atom. The average Bonchev–Trinajstić information content (AvgIpc) is 2.72. The first-order valence-corrected chi connectivity index (χ1v) is 7.68. The predicted molar refractivity (Wildman–Crippen MR) is 86.3 cm³/mol. The van der Waals surface area contributed by atoms with Gasteiger partial charge in [0.15, 0.2) is 0 Å². The number of phenols is 1. The van der Waals surface area contributed by atoms with Gasteiger partial charge in [-0.3, -0.25) is 0 Å². The van der Waals surface area contributed by atoms with Gasteiger partial charge < -0.3 is 10.0 Å². The van der Waals surface area contributed by atoms with Gasteiger partial charge in [-0.15, -0.1) is 0 Å². The summed E-state index contributed by atoms with van der Waals surface area (Å²) in [6.45, 7) is 4.91. The number of rotatable bonds is 2. The van der Waals surface area contributed by atoms with Crippen molar-refractivity contribution in [2.45, 2.75) is 32.9 Å². The normalized spacial score (nSPS) is 17.4. The largest absolute Gasteiger partial charge is 0.507 e. The monoisotopic (exact) mass is 331 g/mol. The Balaban J connectivity index is 1.96. The fourth-order valence-corrected chi connectivity index (χ4v) is 3.60. The zero-order valence-electron chi connectivity index (χ0n) is 11.7. The third kappa shape index (κ3) is 2.31. The first-order chi connectivity index (χ1) is 9.56. The van der Waals surface area contributed by atoms with Crippen molar-refractivity contribution in [2.24, 2.45) is 0 Å². The number of anilines is 1. The second-order valence-corrected chi connectivity index (χ2v) is 6.46. The van der Waals surface area contributed by atoms with Gasteiger partial charge in [-0.25, -0.2) is 0 Å². The summed E-state index contributed by atoms with van der Waals surface area (Å²) in [6, 6.07) is 13.0. The highest BCUT2D eigenvalue weighted by Crippen LogP contribution is 2.35. The van der Waals surface area contributed by atoms with Crippen LogP contribution in [-0.2, 0) is 13.0 Å². The van der Waals surface area contributed by atoms with Crippen LogP contribution in [0.15, 0.2) is 40.9 Å². The van der Waals surface area contributed by atoms with Gasteiger partial charge in [0.2, 0.25) is 0 Å². The number of benzene rings is 2. The maximum absolute atomic E-state index is 10.3. The molecular weight excluding hydrogens is 314 g/mol. The average molecular weight is 332 g/mol. The lowest BCUT2D eigenvalue weighted by Crippen LogP contribution is -2.28. The summed E-state index contributed by atoms with van der Waals surface area (Å²) in [5.41, 5.74) is 4.57. The summed E-state index contributed by atoms with van der Waals surface area (Å²) in [7, 11) is 0. The number of aryl methyl sites for hydroxylation is 1. The molecule has 1 unspecified atom stereocenters. The number of hydrogen-bond acceptors (Lipinski definition) is 2. The maximum Gasteiger partial charge on any atom is 0.123 e. The van der Waals surface area contributed by atoms with E-state index < -0.39 is 0 Å². The van der Waals surface area contributed by atoms with Crippen molar-refractivity contribution in [3.63, 3.8) is 0 Å². The van der Waals surface area contributed by atoms with E-state index in [2.05, 4.69) is 52.0 Å². The number of hydrogen-bond donors (Lipinski definition) is 1. The first-order valence-electron chi connectivity index (χ1n) is 6.89. The molecule has 104 valence electrons. The standard InChI is InChI=1S/C17H18BrNO/c1-11-7-15(18)9-14(17(11)20)10-19-12(2)8-13-5-3-4-6-16(13)19/h3-7,9,12,20H,8,10H2,1-2H3. The van der Waals surface area contributed by atoms with Crippen molar-refractivity contribution in [3.05, 3.63) is 57.6 Å². The van der Waals surface area contributed by atoms with Crippen molar-refractivity contribution >= 4 is 21.6 Å². The van der Waals surface area contributed by atoms with E-state index in [0.717, 1.165) is 28.6 Å². The third-order valence-electron chi connectivity index (χ3n) is 4.03. The van der Waals surface area contributed by atoms with Gasteiger partial charge >= 0.3 is 0 Å². The summed E-state index contributed by atoms with van der Waals surface area (Å²) >= 11 is 3.51. The second kappa shape index (κ2) is 5.13. The SMILES string of the molecule is Cc1cc(Br)cc(CN2c3ccccc3CC2C)c1O. The molecule has 0 radical (unpaired) electrons. The molecule has 2 aromatic rings. The lowest BCUT2D eigenvalue weighted by molar-refractivity contribution is 0.462. The van der Waals surface area contributed by atoms with Crippen LogP contribution >= 0.6 is 15.9 Å². The maximum atomic E-state index is 10.3. The third-order valence-corrected chi connectivity index (χ3v) is 4.49. The molecule has 0 bridgehead atoms. The highest BCUT2D eigenvalue weighted by atomic mass is 79.9. The molecule has 0 saturated heterocycles. The molecule has 0 fully saturated rings. The van der Waals surface area contributed by atoms with Crippen LogP contribution in [0.2, 0.25) is 0 Å². The molecule has 0 spiro atoms. The highest BCUT2D eigenvalue weighted by molar-refractivity contribution is 9.10. The van der Waals surface area contributed by atoms with Gasteiger partial charge in [0.1, 0.15) is 5.75 Å². The van der Waals surface area contributed by atoms with Gasteiger partial charge in [0, 0.05) is 28.3 Å². The Kier molecular flexibility index (Phi) is 3.47. The Morgan fingerprint density at radius 1 is 1.30 bits per heavy atom. The van der Waals surface area contributed by atoms with Crippen molar-refractivity contribution in [2.75, 3.05) is 4.90 Å². The molecular formula is C17H18BrNO. The van der Waals surface area contributed by atoms with Gasteiger partial charge in [-0.1, -0.05) is 34.1 Å². The van der Waals surface area contributed by atoms with Crippen molar-refractivity contribution < 1.29 is 5.11 Å². The fourth-order valence-electron chi connectivity index (χ4n) is 2.98. The minimum absolute atomic E-state index is 0.407. The smallest absolute Gasteiger partial charge is 0.123 e. The molecule has 2 aromatic carbocycles. The van der Waals surface area contributed by atoms with E-state index in [9.17, 15) is 5.11 Å². The lowest BCUT2D eigenvalue weighted by atomic mass is 10.1. The zero-order chi connectivity index (χ0) is 14.3. The molecule has 0 aromatic heterocycles. The summed E-state index contributed by atoms with van der Waals surface area (Å²) < 4.78 is 1.02. The van der Waals surface area contributed by atoms with Crippen LogP contribution < -0.4 is 4.90 Å². The van der Waals surface area contributed by atoms with Crippen LogP contribution in [0.5, 0.6) is 5.75 Å². The number of halogens is 1. The van der Waals surface area contributed by atoms with Gasteiger partial charge in [-0.2, -0.15) is 0 Å². The van der Waals surface area contributed by atoms with E-state index in [1.165, 1.54) is 11.3 Å². The summed E-state index contributed by atoms with van der Waals surface area (Å²) in [5, 5.41) is 10.3. The molecule has 0 aliphatic carbocycles. The summed E-state index contributed by atoms with van der Waals surface area (Å²) in [5.74, 6) is 0.407. The topological polar surface area (TPSA) is 23.5 Å². The van der Waals surface area contributed by atoms with Crippen LogP contribution in [0.4, 0.5) is 5.69 Å². The number of fused-ring (bicyclic) bond motifs is 1. The number of phenolic OH excluding ortho intramolecular Hbond substituents is 1. The van der Waals surface area contributed by atoms with E-state index in [4.69, 9.17) is 0 Å². The summed E-state index contributed by atoms with van der Waals surface area (Å²) in [6.07, 6.45) is 1.07. The number of nitrogens with zero attached hydrogens (tertiary/aromatic N) is 1.